The number of ether oxygens (including phenoxy) is 3. The predicted octanol–water partition coefficient (Wildman–Crippen LogP) is 3.34. The summed E-state index contributed by atoms with van der Waals surface area (Å²) < 4.78 is 52.5. The second kappa shape index (κ2) is 8.11. The van der Waals surface area contributed by atoms with Crippen LogP contribution >= 0.6 is 0 Å². The second-order valence-electron chi connectivity index (χ2n) is 5.33. The maximum Gasteiger partial charge on any atom is 0.513 e. The van der Waals surface area contributed by atoms with Gasteiger partial charge in [0.15, 0.2) is 5.76 Å². The predicted molar refractivity (Wildman–Crippen MR) is 81.1 cm³/mol. The van der Waals surface area contributed by atoms with E-state index in [1.54, 1.807) is 0 Å². The number of halogens is 3. The van der Waals surface area contributed by atoms with Crippen LogP contribution in [0.15, 0.2) is 35.8 Å². The minimum absolute atomic E-state index is 0.0274. The molecule has 1 aromatic carbocycles. The minimum atomic E-state index is -4.42. The van der Waals surface area contributed by atoms with E-state index in [0.29, 0.717) is 13.1 Å². The van der Waals surface area contributed by atoms with Gasteiger partial charge in [-0.3, -0.25) is 4.90 Å². The van der Waals surface area contributed by atoms with Crippen LogP contribution in [0.5, 0.6) is 5.75 Å². The molecule has 0 atom stereocenters. The molecule has 2 rings (SSSR count). The zero-order valence-electron chi connectivity index (χ0n) is 13.5. The van der Waals surface area contributed by atoms with Crippen molar-refractivity contribution in [1.82, 2.24) is 4.90 Å². The highest BCUT2D eigenvalue weighted by Gasteiger charge is 2.30. The number of hydrogen-bond acceptors (Lipinski definition) is 6. The molecule has 1 heterocycles. The summed E-state index contributed by atoms with van der Waals surface area (Å²) in [6.07, 6.45) is -5.06. The van der Waals surface area contributed by atoms with E-state index in [1.807, 2.05) is 4.90 Å². The van der Waals surface area contributed by atoms with Crippen LogP contribution in [0.2, 0.25) is 0 Å². The maximum absolute atomic E-state index is 12.6. The van der Waals surface area contributed by atoms with E-state index in [9.17, 15) is 23.1 Å². The SMILES string of the molecule is COC(=O)OC1=C(O)CCN(CCOc2cccc(C(F)(F)F)c2)C1. The van der Waals surface area contributed by atoms with Gasteiger partial charge in [0.25, 0.3) is 0 Å². The van der Waals surface area contributed by atoms with E-state index in [4.69, 9.17) is 9.47 Å². The fourth-order valence-electron chi connectivity index (χ4n) is 2.26. The second-order valence-corrected chi connectivity index (χ2v) is 5.33. The number of carbonyl (C=O) groups is 1. The monoisotopic (exact) mass is 361 g/mol. The van der Waals surface area contributed by atoms with Gasteiger partial charge in [0.05, 0.1) is 19.2 Å². The van der Waals surface area contributed by atoms with Gasteiger partial charge in [-0.25, -0.2) is 4.79 Å². The van der Waals surface area contributed by atoms with Crippen molar-refractivity contribution in [3.8, 4) is 5.75 Å². The number of rotatable bonds is 5. The Labute approximate surface area is 142 Å². The highest BCUT2D eigenvalue weighted by Crippen LogP contribution is 2.31. The first-order valence-corrected chi connectivity index (χ1v) is 7.49. The number of hydrogen-bond donors (Lipinski definition) is 1. The Bertz CT molecular complexity index is 645. The number of nitrogens with zero attached hydrogens (tertiary/aromatic N) is 1. The van der Waals surface area contributed by atoms with Crippen LogP contribution in [0, 0.1) is 0 Å². The summed E-state index contributed by atoms with van der Waals surface area (Å²) in [4.78, 5) is 13.0. The molecule has 0 spiro atoms. The Kier molecular flexibility index (Phi) is 6.13. The molecule has 25 heavy (non-hydrogen) atoms. The van der Waals surface area contributed by atoms with Gasteiger partial charge in [0, 0.05) is 19.5 Å². The third kappa shape index (κ3) is 5.56. The van der Waals surface area contributed by atoms with E-state index in [-0.39, 0.29) is 36.8 Å². The number of aliphatic hydroxyl groups excluding tert-OH is 1. The minimum Gasteiger partial charge on any atom is -0.509 e. The Morgan fingerprint density at radius 2 is 2.12 bits per heavy atom. The van der Waals surface area contributed by atoms with Gasteiger partial charge >= 0.3 is 12.3 Å². The van der Waals surface area contributed by atoms with Gasteiger partial charge in [-0.1, -0.05) is 6.07 Å². The largest absolute Gasteiger partial charge is 0.513 e. The number of methoxy groups -OCH3 is 1. The third-order valence-corrected chi connectivity index (χ3v) is 3.56. The molecule has 0 unspecified atom stereocenters. The molecular weight excluding hydrogens is 343 g/mol. The van der Waals surface area contributed by atoms with Gasteiger partial charge in [-0.2, -0.15) is 13.2 Å². The molecule has 1 aliphatic heterocycles. The summed E-state index contributed by atoms with van der Waals surface area (Å²) in [5.74, 6) is 0.189. The molecule has 1 aliphatic rings. The Morgan fingerprint density at radius 1 is 1.36 bits per heavy atom. The molecule has 0 amide bonds. The quantitative estimate of drug-likeness (QED) is 0.812. The molecule has 0 radical (unpaired) electrons. The first kappa shape index (κ1) is 18.9. The lowest BCUT2D eigenvalue weighted by Crippen LogP contribution is -2.36. The lowest BCUT2D eigenvalue weighted by atomic mass is 10.2. The number of carbonyl (C=O) groups excluding carboxylic acids is 1. The van der Waals surface area contributed by atoms with Crippen molar-refractivity contribution >= 4 is 6.16 Å². The molecule has 1 aromatic rings. The average molecular weight is 361 g/mol. The standard InChI is InChI=1S/C16H18F3NO5/c1-23-15(22)25-14-10-20(6-5-13(14)21)7-8-24-12-4-2-3-11(9-12)16(17,18)19/h2-4,9,21H,5-8,10H2,1H3. The summed E-state index contributed by atoms with van der Waals surface area (Å²) in [7, 11) is 1.16. The zero-order valence-corrected chi connectivity index (χ0v) is 13.5. The van der Waals surface area contributed by atoms with E-state index >= 15 is 0 Å². The van der Waals surface area contributed by atoms with Crippen LogP contribution in [0.3, 0.4) is 0 Å². The molecule has 1 N–H and O–H groups in total. The fourth-order valence-corrected chi connectivity index (χ4v) is 2.26. The summed E-state index contributed by atoms with van der Waals surface area (Å²) in [5.41, 5.74) is -0.774. The third-order valence-electron chi connectivity index (χ3n) is 3.56. The Balaban J connectivity index is 1.85. The van der Waals surface area contributed by atoms with Crippen molar-refractivity contribution in [1.29, 1.82) is 0 Å². The molecule has 9 heteroatoms. The summed E-state index contributed by atoms with van der Waals surface area (Å²) in [6.45, 7) is 1.21. The van der Waals surface area contributed by atoms with E-state index in [1.165, 1.54) is 12.1 Å². The first-order valence-electron chi connectivity index (χ1n) is 7.49. The van der Waals surface area contributed by atoms with Gasteiger partial charge in [-0.15, -0.1) is 0 Å². The molecule has 138 valence electrons. The molecule has 0 bridgehead atoms. The van der Waals surface area contributed by atoms with Crippen LogP contribution in [0.25, 0.3) is 0 Å². The van der Waals surface area contributed by atoms with E-state index in [0.717, 1.165) is 19.2 Å². The van der Waals surface area contributed by atoms with Crippen LogP contribution < -0.4 is 4.74 Å². The highest BCUT2D eigenvalue weighted by atomic mass is 19.4. The van der Waals surface area contributed by atoms with Crippen LogP contribution in [0.4, 0.5) is 18.0 Å². The average Bonchev–Trinajstić information content (AvgIpc) is 2.57. The van der Waals surface area contributed by atoms with Gasteiger partial charge < -0.3 is 19.3 Å². The zero-order chi connectivity index (χ0) is 18.4. The lowest BCUT2D eigenvalue weighted by Gasteiger charge is -2.27. The van der Waals surface area contributed by atoms with Crippen molar-refractivity contribution in [3.63, 3.8) is 0 Å². The number of benzene rings is 1. The molecule has 6 nitrogen and oxygen atoms in total. The number of alkyl halides is 3. The maximum atomic E-state index is 12.6. The van der Waals surface area contributed by atoms with Crippen LogP contribution in [-0.4, -0.2) is 49.5 Å². The smallest absolute Gasteiger partial charge is 0.509 e. The molecular formula is C16H18F3NO5. The molecule has 0 fully saturated rings. The van der Waals surface area contributed by atoms with Crippen molar-refractivity contribution in [2.24, 2.45) is 0 Å². The summed E-state index contributed by atoms with van der Waals surface area (Å²) >= 11 is 0. The van der Waals surface area contributed by atoms with Gasteiger partial charge in [0.1, 0.15) is 18.1 Å². The first-order chi connectivity index (χ1) is 11.8. The normalized spacial score (nSPS) is 15.8. The van der Waals surface area contributed by atoms with Crippen molar-refractivity contribution < 1.29 is 37.3 Å². The van der Waals surface area contributed by atoms with Gasteiger partial charge in [-0.05, 0) is 18.2 Å². The lowest BCUT2D eigenvalue weighted by molar-refractivity contribution is -0.137. The van der Waals surface area contributed by atoms with Crippen molar-refractivity contribution in [2.45, 2.75) is 12.6 Å². The van der Waals surface area contributed by atoms with Crippen molar-refractivity contribution in [3.05, 3.63) is 41.3 Å². The van der Waals surface area contributed by atoms with Crippen LogP contribution in [-0.2, 0) is 15.7 Å². The highest BCUT2D eigenvalue weighted by molar-refractivity contribution is 5.61. The molecule has 0 saturated carbocycles. The van der Waals surface area contributed by atoms with Crippen molar-refractivity contribution in [2.75, 3.05) is 33.4 Å². The van der Waals surface area contributed by atoms with E-state index in [2.05, 4.69) is 4.74 Å². The molecule has 0 aliphatic carbocycles. The van der Waals surface area contributed by atoms with E-state index < -0.39 is 17.9 Å². The van der Waals surface area contributed by atoms with Crippen LogP contribution in [0.1, 0.15) is 12.0 Å². The summed E-state index contributed by atoms with van der Waals surface area (Å²) in [6, 6.07) is 4.64. The topological polar surface area (TPSA) is 68.2 Å². The number of aliphatic hydroxyl groups is 1. The van der Waals surface area contributed by atoms with Gasteiger partial charge in [0.2, 0.25) is 0 Å². The molecule has 0 aromatic heterocycles. The fraction of sp³-hybridized carbons (Fsp3) is 0.438. The summed E-state index contributed by atoms with van der Waals surface area (Å²) in [5, 5.41) is 9.72. The molecule has 0 saturated heterocycles. The Hall–Kier alpha value is -2.42. The Morgan fingerprint density at radius 3 is 2.80 bits per heavy atom.